The van der Waals surface area contributed by atoms with E-state index in [1.165, 1.54) is 6.07 Å². The lowest BCUT2D eigenvalue weighted by molar-refractivity contribution is -0.0521. The Hall–Kier alpha value is -1.39. The van der Waals surface area contributed by atoms with Crippen molar-refractivity contribution < 1.29 is 17.9 Å². The van der Waals surface area contributed by atoms with Gasteiger partial charge >= 0.3 is 6.61 Å². The molecule has 0 saturated carbocycles. The van der Waals surface area contributed by atoms with Crippen molar-refractivity contribution in [1.82, 2.24) is 0 Å². The second-order valence-electron chi connectivity index (χ2n) is 2.20. The molecule has 0 amide bonds. The predicted octanol–water partition coefficient (Wildman–Crippen LogP) is 3.16. The molecule has 2 nitrogen and oxygen atoms in total. The molecule has 0 heterocycles. The van der Waals surface area contributed by atoms with Crippen LogP contribution in [0.2, 0.25) is 0 Å². The Morgan fingerprint density at radius 1 is 1.43 bits per heavy atom. The van der Waals surface area contributed by atoms with Crippen molar-refractivity contribution in [2.75, 3.05) is 0 Å². The van der Waals surface area contributed by atoms with Crippen LogP contribution in [-0.2, 0) is 0 Å². The first-order valence-electron chi connectivity index (χ1n) is 3.45. The van der Waals surface area contributed by atoms with Gasteiger partial charge in [-0.05, 0) is 24.4 Å². The minimum Gasteiger partial charge on any atom is -0.432 e. The summed E-state index contributed by atoms with van der Waals surface area (Å²) in [6.07, 6.45) is 0. The van der Waals surface area contributed by atoms with Crippen molar-refractivity contribution in [3.63, 3.8) is 0 Å². The van der Waals surface area contributed by atoms with E-state index in [9.17, 15) is 13.2 Å². The van der Waals surface area contributed by atoms with Gasteiger partial charge in [-0.3, -0.25) is 0 Å². The van der Waals surface area contributed by atoms with Crippen LogP contribution >= 0.6 is 12.2 Å². The van der Waals surface area contributed by atoms with Crippen LogP contribution in [0.3, 0.4) is 0 Å². The largest absolute Gasteiger partial charge is 0.432 e. The molecule has 0 fully saturated rings. The molecule has 0 aliphatic carbocycles. The monoisotopic (exact) mass is 219 g/mol. The SMILES string of the molecule is Fc1cc(N=C=S)ccc1OC(F)F. The van der Waals surface area contributed by atoms with Gasteiger partial charge in [0.25, 0.3) is 0 Å². The molecule has 1 aromatic carbocycles. The molecule has 0 unspecified atom stereocenters. The molecule has 0 N–H and O–H groups in total. The first-order valence-corrected chi connectivity index (χ1v) is 3.86. The van der Waals surface area contributed by atoms with E-state index in [4.69, 9.17) is 0 Å². The number of benzene rings is 1. The zero-order valence-corrected chi connectivity index (χ0v) is 7.52. The van der Waals surface area contributed by atoms with Gasteiger partial charge in [-0.2, -0.15) is 13.8 Å². The summed E-state index contributed by atoms with van der Waals surface area (Å²) in [5.74, 6) is -1.44. The van der Waals surface area contributed by atoms with Crippen LogP contribution in [0.25, 0.3) is 0 Å². The molecule has 0 radical (unpaired) electrons. The first kappa shape index (κ1) is 10.7. The third-order valence-corrected chi connectivity index (χ3v) is 1.40. The van der Waals surface area contributed by atoms with E-state index in [-0.39, 0.29) is 5.69 Å². The second kappa shape index (κ2) is 4.74. The Balaban J connectivity index is 2.95. The zero-order chi connectivity index (χ0) is 10.6. The van der Waals surface area contributed by atoms with Crippen LogP contribution in [0, 0.1) is 5.82 Å². The van der Waals surface area contributed by atoms with E-state index in [0.29, 0.717) is 0 Å². The third kappa shape index (κ3) is 2.83. The molecule has 0 aromatic heterocycles. The fourth-order valence-corrected chi connectivity index (χ4v) is 0.909. The molecule has 0 bridgehead atoms. The van der Waals surface area contributed by atoms with Crippen molar-refractivity contribution in [3.05, 3.63) is 24.0 Å². The van der Waals surface area contributed by atoms with E-state index in [2.05, 4.69) is 21.9 Å². The number of isothiocyanates is 1. The minimum absolute atomic E-state index is 0.194. The van der Waals surface area contributed by atoms with Crippen LogP contribution < -0.4 is 4.74 Å². The maximum absolute atomic E-state index is 13.0. The molecule has 0 aliphatic heterocycles. The number of halogens is 3. The first-order chi connectivity index (χ1) is 6.63. The molecular weight excluding hydrogens is 215 g/mol. The normalized spacial score (nSPS) is 9.71. The van der Waals surface area contributed by atoms with E-state index < -0.39 is 18.2 Å². The summed E-state index contributed by atoms with van der Waals surface area (Å²) < 4.78 is 40.3. The summed E-state index contributed by atoms with van der Waals surface area (Å²) in [6, 6.07) is 3.27. The van der Waals surface area contributed by atoms with Gasteiger partial charge in [-0.1, -0.05) is 0 Å². The van der Waals surface area contributed by atoms with Gasteiger partial charge in [-0.25, -0.2) is 4.39 Å². The highest BCUT2D eigenvalue weighted by Gasteiger charge is 2.09. The van der Waals surface area contributed by atoms with Crippen molar-refractivity contribution in [2.24, 2.45) is 4.99 Å². The average molecular weight is 219 g/mol. The number of aliphatic imine (C=N–C) groups is 1. The van der Waals surface area contributed by atoms with Crippen LogP contribution in [-0.4, -0.2) is 11.8 Å². The minimum atomic E-state index is -3.05. The Morgan fingerprint density at radius 2 is 2.14 bits per heavy atom. The van der Waals surface area contributed by atoms with Gasteiger partial charge in [0.15, 0.2) is 11.6 Å². The molecule has 74 valence electrons. The lowest BCUT2D eigenvalue weighted by Gasteiger charge is -2.04. The summed E-state index contributed by atoms with van der Waals surface area (Å²) >= 11 is 4.29. The number of rotatable bonds is 3. The van der Waals surface area contributed by atoms with E-state index in [0.717, 1.165) is 12.1 Å². The van der Waals surface area contributed by atoms with E-state index >= 15 is 0 Å². The summed E-state index contributed by atoms with van der Waals surface area (Å²) in [6.45, 7) is -3.05. The molecule has 0 spiro atoms. The molecule has 6 heteroatoms. The molecular formula is C8H4F3NOS. The summed E-state index contributed by atoms with van der Waals surface area (Å²) in [5.41, 5.74) is 0.194. The van der Waals surface area contributed by atoms with Crippen LogP contribution in [0.4, 0.5) is 18.9 Å². The Kier molecular flexibility index (Phi) is 3.62. The standard InChI is InChI=1S/C8H4F3NOS/c9-6-3-5(12-4-14)1-2-7(6)13-8(10)11/h1-3,8H. The van der Waals surface area contributed by atoms with Crippen LogP contribution in [0.5, 0.6) is 5.75 Å². The van der Waals surface area contributed by atoms with Crippen molar-refractivity contribution >= 4 is 23.1 Å². The fraction of sp³-hybridized carbons (Fsp3) is 0.125. The van der Waals surface area contributed by atoms with Gasteiger partial charge in [0.1, 0.15) is 0 Å². The number of alkyl halides is 2. The quantitative estimate of drug-likeness (QED) is 0.575. The third-order valence-electron chi connectivity index (χ3n) is 1.31. The van der Waals surface area contributed by atoms with Crippen molar-refractivity contribution in [2.45, 2.75) is 6.61 Å². The van der Waals surface area contributed by atoms with Crippen molar-refractivity contribution in [1.29, 1.82) is 0 Å². The smallest absolute Gasteiger partial charge is 0.387 e. The Bertz CT molecular complexity index is 377. The summed E-state index contributed by atoms with van der Waals surface area (Å²) in [5, 5.41) is 2.02. The molecule has 1 aromatic rings. The highest BCUT2D eigenvalue weighted by molar-refractivity contribution is 7.78. The summed E-state index contributed by atoms with van der Waals surface area (Å²) in [7, 11) is 0. The highest BCUT2D eigenvalue weighted by atomic mass is 32.1. The number of thiocarbonyl (C=S) groups is 1. The van der Waals surface area contributed by atoms with Gasteiger partial charge < -0.3 is 4.74 Å². The predicted molar refractivity (Wildman–Crippen MR) is 47.7 cm³/mol. The topological polar surface area (TPSA) is 21.6 Å². The molecule has 1 rings (SSSR count). The lowest BCUT2D eigenvalue weighted by Crippen LogP contribution is -2.03. The lowest BCUT2D eigenvalue weighted by atomic mass is 10.3. The number of hydrogen-bond donors (Lipinski definition) is 0. The second-order valence-corrected chi connectivity index (χ2v) is 2.38. The van der Waals surface area contributed by atoms with Crippen molar-refractivity contribution in [3.8, 4) is 5.75 Å². The average Bonchev–Trinajstić information content (AvgIpc) is 2.10. The zero-order valence-electron chi connectivity index (χ0n) is 6.71. The summed E-state index contributed by atoms with van der Waals surface area (Å²) in [4.78, 5) is 3.47. The number of hydrogen-bond acceptors (Lipinski definition) is 3. The van der Waals surface area contributed by atoms with Gasteiger partial charge in [0, 0.05) is 6.07 Å². The van der Waals surface area contributed by atoms with Crippen LogP contribution in [0.15, 0.2) is 23.2 Å². The maximum Gasteiger partial charge on any atom is 0.387 e. The Labute approximate surface area is 83.0 Å². The molecule has 0 aliphatic rings. The fourth-order valence-electron chi connectivity index (χ4n) is 0.804. The number of ether oxygens (including phenoxy) is 1. The number of nitrogens with zero attached hydrogens (tertiary/aromatic N) is 1. The van der Waals surface area contributed by atoms with Gasteiger partial charge in [0.05, 0.1) is 10.8 Å². The molecule has 14 heavy (non-hydrogen) atoms. The van der Waals surface area contributed by atoms with E-state index in [1.807, 2.05) is 5.16 Å². The van der Waals surface area contributed by atoms with Gasteiger partial charge in [-0.15, -0.1) is 0 Å². The molecule has 0 atom stereocenters. The maximum atomic E-state index is 13.0. The Morgan fingerprint density at radius 3 is 2.64 bits per heavy atom. The van der Waals surface area contributed by atoms with Crippen LogP contribution in [0.1, 0.15) is 0 Å². The highest BCUT2D eigenvalue weighted by Crippen LogP contribution is 2.23. The van der Waals surface area contributed by atoms with Gasteiger partial charge in [0.2, 0.25) is 0 Å². The molecule has 0 saturated heterocycles. The van der Waals surface area contributed by atoms with E-state index in [1.54, 1.807) is 0 Å².